The number of fused-ring (bicyclic) bond motifs is 2. The first-order valence-corrected chi connectivity index (χ1v) is 7.72. The Morgan fingerprint density at radius 1 is 1.17 bits per heavy atom. The molecule has 0 radical (unpaired) electrons. The van der Waals surface area contributed by atoms with Crippen molar-refractivity contribution >= 4 is 16.6 Å². The van der Waals surface area contributed by atoms with E-state index < -0.39 is 6.10 Å². The molecule has 0 saturated heterocycles. The molecule has 0 spiro atoms. The molecule has 0 unspecified atom stereocenters. The van der Waals surface area contributed by atoms with Gasteiger partial charge in [-0.05, 0) is 30.2 Å². The molecule has 2 atom stereocenters. The van der Waals surface area contributed by atoms with Crippen LogP contribution in [0.15, 0.2) is 48.5 Å². The summed E-state index contributed by atoms with van der Waals surface area (Å²) in [4.78, 5) is 4.30. The Morgan fingerprint density at radius 3 is 2.87 bits per heavy atom. The van der Waals surface area contributed by atoms with E-state index in [-0.39, 0.29) is 11.9 Å². The Balaban J connectivity index is 1.81. The number of para-hydroxylation sites is 1. The third-order valence-electron chi connectivity index (χ3n) is 4.43. The van der Waals surface area contributed by atoms with Gasteiger partial charge in [-0.3, -0.25) is 0 Å². The van der Waals surface area contributed by atoms with Crippen LogP contribution in [0.3, 0.4) is 0 Å². The van der Waals surface area contributed by atoms with Gasteiger partial charge in [-0.25, -0.2) is 9.37 Å². The first kappa shape index (κ1) is 14.2. The molecule has 4 rings (SSSR count). The molecule has 0 aliphatic heterocycles. The molecule has 1 aliphatic rings. The van der Waals surface area contributed by atoms with Crippen LogP contribution in [0.5, 0.6) is 0 Å². The van der Waals surface area contributed by atoms with Gasteiger partial charge in [-0.2, -0.15) is 0 Å². The average molecular weight is 308 g/mol. The molecule has 3 aromatic rings. The molecule has 0 saturated carbocycles. The fourth-order valence-corrected chi connectivity index (χ4v) is 3.38. The lowest BCUT2D eigenvalue weighted by Crippen LogP contribution is -2.21. The lowest BCUT2D eigenvalue weighted by molar-refractivity contribution is 0.166. The van der Waals surface area contributed by atoms with Crippen LogP contribution in [0.25, 0.3) is 10.9 Å². The third-order valence-corrected chi connectivity index (χ3v) is 4.43. The number of hydrogen-bond acceptors (Lipinski definition) is 3. The number of aryl methyl sites for hydroxylation is 1. The van der Waals surface area contributed by atoms with Crippen molar-refractivity contribution in [3.8, 4) is 0 Å². The maximum Gasteiger partial charge on any atom is 0.149 e. The third kappa shape index (κ3) is 2.35. The molecule has 3 nitrogen and oxygen atoms in total. The second-order valence-electron chi connectivity index (χ2n) is 6.04. The van der Waals surface area contributed by atoms with Crippen molar-refractivity contribution in [1.29, 1.82) is 0 Å². The molecule has 0 bridgehead atoms. The minimum Gasteiger partial charge on any atom is -0.390 e. The van der Waals surface area contributed by atoms with E-state index in [2.05, 4.69) is 10.3 Å². The lowest BCUT2D eigenvalue weighted by Gasteiger charge is -2.21. The van der Waals surface area contributed by atoms with E-state index in [1.165, 1.54) is 6.07 Å². The van der Waals surface area contributed by atoms with Crippen molar-refractivity contribution in [3.63, 3.8) is 0 Å². The number of pyridine rings is 1. The zero-order chi connectivity index (χ0) is 16.0. The number of halogens is 1. The largest absolute Gasteiger partial charge is 0.390 e. The second kappa shape index (κ2) is 5.32. The van der Waals surface area contributed by atoms with Gasteiger partial charge in [0.1, 0.15) is 11.3 Å². The van der Waals surface area contributed by atoms with Gasteiger partial charge in [-0.1, -0.05) is 36.4 Å². The van der Waals surface area contributed by atoms with Gasteiger partial charge in [0.2, 0.25) is 0 Å². The van der Waals surface area contributed by atoms with E-state index in [1.54, 1.807) is 6.07 Å². The Hall–Kier alpha value is -2.46. The molecule has 1 heterocycles. The fourth-order valence-electron chi connectivity index (χ4n) is 3.38. The molecule has 23 heavy (non-hydrogen) atoms. The number of aliphatic hydroxyl groups excluding tert-OH is 1. The number of nitrogens with zero attached hydrogens (tertiary/aromatic N) is 1. The van der Waals surface area contributed by atoms with Gasteiger partial charge in [-0.15, -0.1) is 0 Å². The second-order valence-corrected chi connectivity index (χ2v) is 6.04. The Kier molecular flexibility index (Phi) is 3.27. The molecular formula is C19H17FN2O. The Labute approximate surface area is 133 Å². The van der Waals surface area contributed by atoms with E-state index in [1.807, 2.05) is 43.3 Å². The molecule has 1 aliphatic carbocycles. The molecule has 4 heteroatoms. The van der Waals surface area contributed by atoms with Crippen molar-refractivity contribution in [2.75, 3.05) is 5.32 Å². The summed E-state index contributed by atoms with van der Waals surface area (Å²) in [6.07, 6.45) is 0.133. The van der Waals surface area contributed by atoms with Crippen LogP contribution in [0.2, 0.25) is 0 Å². The zero-order valence-corrected chi connectivity index (χ0v) is 12.8. The van der Waals surface area contributed by atoms with Gasteiger partial charge in [0, 0.05) is 23.2 Å². The highest BCUT2D eigenvalue weighted by atomic mass is 19.1. The van der Waals surface area contributed by atoms with Gasteiger partial charge >= 0.3 is 0 Å². The van der Waals surface area contributed by atoms with Gasteiger partial charge in [0.15, 0.2) is 0 Å². The van der Waals surface area contributed by atoms with E-state index in [0.717, 1.165) is 27.9 Å². The number of aromatic nitrogens is 1. The zero-order valence-electron chi connectivity index (χ0n) is 12.8. The van der Waals surface area contributed by atoms with Crippen LogP contribution < -0.4 is 5.32 Å². The first-order valence-electron chi connectivity index (χ1n) is 7.72. The average Bonchev–Trinajstić information content (AvgIpc) is 2.84. The van der Waals surface area contributed by atoms with Crippen molar-refractivity contribution in [2.45, 2.75) is 25.5 Å². The lowest BCUT2D eigenvalue weighted by atomic mass is 10.1. The number of anilines is 1. The first-order chi connectivity index (χ1) is 11.1. The molecule has 116 valence electrons. The number of benzene rings is 2. The van der Waals surface area contributed by atoms with Crippen molar-refractivity contribution in [3.05, 3.63) is 71.2 Å². The van der Waals surface area contributed by atoms with Crippen LogP contribution in [-0.2, 0) is 6.42 Å². The Bertz CT molecular complexity index is 894. The number of hydrogen-bond donors (Lipinski definition) is 2. The van der Waals surface area contributed by atoms with Crippen molar-refractivity contribution < 1.29 is 9.50 Å². The quantitative estimate of drug-likeness (QED) is 0.758. The van der Waals surface area contributed by atoms with Crippen LogP contribution in [0.1, 0.15) is 22.9 Å². The minimum absolute atomic E-state index is 0.195. The minimum atomic E-state index is -0.496. The van der Waals surface area contributed by atoms with Crippen LogP contribution in [-0.4, -0.2) is 16.2 Å². The molecular weight excluding hydrogens is 291 g/mol. The number of nitrogens with one attached hydrogen (secondary N) is 1. The number of rotatable bonds is 2. The van der Waals surface area contributed by atoms with Crippen LogP contribution >= 0.6 is 0 Å². The normalized spacial score (nSPS) is 19.8. The summed E-state index contributed by atoms with van der Waals surface area (Å²) < 4.78 is 14.0. The topological polar surface area (TPSA) is 45.1 Å². The van der Waals surface area contributed by atoms with Gasteiger partial charge < -0.3 is 10.4 Å². The predicted octanol–water partition coefficient (Wildman–Crippen LogP) is 3.75. The highest BCUT2D eigenvalue weighted by Crippen LogP contribution is 2.36. The highest BCUT2D eigenvalue weighted by Gasteiger charge is 2.31. The van der Waals surface area contributed by atoms with Crippen molar-refractivity contribution in [2.24, 2.45) is 0 Å². The van der Waals surface area contributed by atoms with Gasteiger partial charge in [0.05, 0.1) is 12.1 Å². The monoisotopic (exact) mass is 308 g/mol. The van der Waals surface area contributed by atoms with E-state index in [4.69, 9.17) is 0 Å². The summed E-state index contributed by atoms with van der Waals surface area (Å²) in [5, 5.41) is 14.5. The SMILES string of the molecule is Cc1cc(N[C@H]2c3ccccc3C[C@H]2O)c2cccc(F)c2n1. The molecule has 2 aromatic carbocycles. The molecule has 0 fully saturated rings. The summed E-state index contributed by atoms with van der Waals surface area (Å²) >= 11 is 0. The van der Waals surface area contributed by atoms with Crippen LogP contribution in [0, 0.1) is 12.7 Å². The molecule has 0 amide bonds. The van der Waals surface area contributed by atoms with E-state index in [0.29, 0.717) is 11.9 Å². The summed E-state index contributed by atoms with van der Waals surface area (Å²) in [7, 11) is 0. The van der Waals surface area contributed by atoms with Gasteiger partial charge in [0.25, 0.3) is 0 Å². The smallest absolute Gasteiger partial charge is 0.149 e. The maximum atomic E-state index is 14.0. The summed E-state index contributed by atoms with van der Waals surface area (Å²) in [5.41, 5.74) is 4.15. The highest BCUT2D eigenvalue weighted by molar-refractivity contribution is 5.92. The summed E-state index contributed by atoms with van der Waals surface area (Å²) in [5.74, 6) is -0.332. The summed E-state index contributed by atoms with van der Waals surface area (Å²) in [6.45, 7) is 1.84. The predicted molar refractivity (Wildman–Crippen MR) is 89.0 cm³/mol. The number of aliphatic hydroxyl groups is 1. The Morgan fingerprint density at radius 2 is 2.00 bits per heavy atom. The maximum absolute atomic E-state index is 14.0. The van der Waals surface area contributed by atoms with E-state index >= 15 is 0 Å². The van der Waals surface area contributed by atoms with E-state index in [9.17, 15) is 9.50 Å². The molecule has 1 aromatic heterocycles. The standard InChI is InChI=1S/C19H17FN2O/c1-11-9-16(14-7-4-8-15(20)18(14)21-11)22-19-13-6-3-2-5-12(13)10-17(19)23/h2-9,17,19,23H,10H2,1H3,(H,21,22)/t17-,19+/m1/s1. The fraction of sp³-hybridized carbons (Fsp3) is 0.211. The van der Waals surface area contributed by atoms with Crippen LogP contribution in [0.4, 0.5) is 10.1 Å². The molecule has 2 N–H and O–H groups in total. The van der Waals surface area contributed by atoms with Crippen molar-refractivity contribution in [1.82, 2.24) is 4.98 Å². The summed E-state index contributed by atoms with van der Waals surface area (Å²) in [6, 6.07) is 14.7.